The molecule has 1 N–H and O–H groups in total. The Morgan fingerprint density at radius 3 is 2.72 bits per heavy atom. The summed E-state index contributed by atoms with van der Waals surface area (Å²) in [5.41, 5.74) is 2.19. The zero-order valence-corrected chi connectivity index (χ0v) is 16.0. The number of nitrogens with zero attached hydrogens (tertiary/aromatic N) is 4. The number of halogens is 2. The molecule has 3 heterocycles. The lowest BCUT2D eigenvalue weighted by Crippen LogP contribution is -2.17. The standard InChI is InChI=1S/C19H17F2N5O2S/c20-13-2-1-3-14(21)17(13)29(27,28)10-11-4-5-12(8-11)19-25-24-16-9-23-18-15(26(16)19)6-7-22-18/h1-3,6-7,9,11-12,22H,4-5,8,10H2/t11-,12+/m0/s1. The van der Waals surface area contributed by atoms with E-state index in [2.05, 4.69) is 20.2 Å². The summed E-state index contributed by atoms with van der Waals surface area (Å²) in [7, 11) is -4.07. The number of fused-ring (bicyclic) bond motifs is 3. The second kappa shape index (κ2) is 6.58. The van der Waals surface area contributed by atoms with Crippen LogP contribution in [0.4, 0.5) is 8.78 Å². The van der Waals surface area contributed by atoms with E-state index in [1.807, 2.05) is 10.5 Å². The minimum absolute atomic E-state index is 0.0103. The van der Waals surface area contributed by atoms with Gasteiger partial charge in [0.1, 0.15) is 22.4 Å². The summed E-state index contributed by atoms with van der Waals surface area (Å²) < 4.78 is 55.2. The Kier molecular flexibility index (Phi) is 4.12. The summed E-state index contributed by atoms with van der Waals surface area (Å²) in [5.74, 6) is -1.84. The first-order valence-electron chi connectivity index (χ1n) is 9.28. The van der Waals surface area contributed by atoms with Crippen molar-refractivity contribution in [1.29, 1.82) is 0 Å². The molecule has 1 fully saturated rings. The number of rotatable bonds is 4. The van der Waals surface area contributed by atoms with E-state index in [-0.39, 0.29) is 17.6 Å². The maximum Gasteiger partial charge on any atom is 0.184 e. The number of H-pyrrole nitrogens is 1. The Bertz CT molecular complexity index is 1310. The van der Waals surface area contributed by atoms with Gasteiger partial charge in [0.15, 0.2) is 21.1 Å². The van der Waals surface area contributed by atoms with Gasteiger partial charge < -0.3 is 4.98 Å². The van der Waals surface area contributed by atoms with E-state index in [4.69, 9.17) is 0 Å². The Hall–Kier alpha value is -2.88. The highest BCUT2D eigenvalue weighted by molar-refractivity contribution is 7.91. The Morgan fingerprint density at radius 1 is 1.14 bits per heavy atom. The first-order chi connectivity index (χ1) is 13.9. The number of nitrogens with one attached hydrogen (secondary N) is 1. The van der Waals surface area contributed by atoms with Crippen LogP contribution in [0.3, 0.4) is 0 Å². The average Bonchev–Trinajstić information content (AvgIpc) is 3.38. The molecule has 10 heteroatoms. The predicted octanol–water partition coefficient (Wildman–Crippen LogP) is 3.24. The number of aromatic nitrogens is 5. The van der Waals surface area contributed by atoms with Crippen molar-refractivity contribution in [2.24, 2.45) is 5.92 Å². The molecule has 0 radical (unpaired) electrons. The van der Waals surface area contributed by atoms with Gasteiger partial charge in [-0.15, -0.1) is 10.2 Å². The minimum atomic E-state index is -4.07. The lowest BCUT2D eigenvalue weighted by atomic mass is 10.1. The average molecular weight is 417 g/mol. The molecular formula is C19H17F2N5O2S. The van der Waals surface area contributed by atoms with Gasteiger partial charge in [0.25, 0.3) is 0 Å². The van der Waals surface area contributed by atoms with Crippen LogP contribution in [0, 0.1) is 17.6 Å². The van der Waals surface area contributed by atoms with Gasteiger partial charge in [-0.3, -0.25) is 4.40 Å². The monoisotopic (exact) mass is 417 g/mol. The number of sulfone groups is 1. The fourth-order valence-electron chi connectivity index (χ4n) is 4.30. The van der Waals surface area contributed by atoms with E-state index in [0.29, 0.717) is 24.1 Å². The zero-order valence-electron chi connectivity index (χ0n) is 15.2. The molecule has 0 aliphatic heterocycles. The predicted molar refractivity (Wildman–Crippen MR) is 101 cm³/mol. The summed E-state index contributed by atoms with van der Waals surface area (Å²) in [6.07, 6.45) is 5.34. The fraction of sp³-hybridized carbons (Fsp3) is 0.316. The molecule has 0 spiro atoms. The molecule has 7 nitrogen and oxygen atoms in total. The van der Waals surface area contributed by atoms with Gasteiger partial charge in [0.2, 0.25) is 0 Å². The quantitative estimate of drug-likeness (QED) is 0.550. The molecule has 150 valence electrons. The van der Waals surface area contributed by atoms with Crippen molar-refractivity contribution in [2.45, 2.75) is 30.1 Å². The molecular weight excluding hydrogens is 400 g/mol. The van der Waals surface area contributed by atoms with Crippen LogP contribution in [0.5, 0.6) is 0 Å². The Morgan fingerprint density at radius 2 is 1.93 bits per heavy atom. The second-order valence-corrected chi connectivity index (χ2v) is 9.40. The number of hydrogen-bond acceptors (Lipinski definition) is 5. The van der Waals surface area contributed by atoms with Crippen LogP contribution < -0.4 is 0 Å². The van der Waals surface area contributed by atoms with Crippen LogP contribution in [0.2, 0.25) is 0 Å². The van der Waals surface area contributed by atoms with Crippen molar-refractivity contribution in [3.63, 3.8) is 0 Å². The summed E-state index contributed by atoms with van der Waals surface area (Å²) in [6.45, 7) is 0. The van der Waals surface area contributed by atoms with Crippen LogP contribution in [0.15, 0.2) is 41.6 Å². The molecule has 1 aliphatic carbocycles. The van der Waals surface area contributed by atoms with E-state index in [0.717, 1.165) is 36.0 Å². The molecule has 29 heavy (non-hydrogen) atoms. The van der Waals surface area contributed by atoms with Gasteiger partial charge in [-0.2, -0.15) is 0 Å². The van der Waals surface area contributed by atoms with Gasteiger partial charge in [0.05, 0.1) is 17.5 Å². The maximum atomic E-state index is 14.0. The van der Waals surface area contributed by atoms with Crippen molar-refractivity contribution in [3.8, 4) is 0 Å². The van der Waals surface area contributed by atoms with Crippen LogP contribution in [0.25, 0.3) is 16.8 Å². The molecule has 2 atom stereocenters. The highest BCUT2D eigenvalue weighted by Gasteiger charge is 2.34. The Balaban J connectivity index is 1.42. The van der Waals surface area contributed by atoms with Crippen molar-refractivity contribution in [2.75, 3.05) is 5.75 Å². The molecule has 0 amide bonds. The summed E-state index contributed by atoms with van der Waals surface area (Å²) in [5, 5.41) is 8.50. The summed E-state index contributed by atoms with van der Waals surface area (Å²) in [6, 6.07) is 4.97. The maximum absolute atomic E-state index is 14.0. The van der Waals surface area contributed by atoms with Gasteiger partial charge in [-0.05, 0) is 43.4 Å². The Labute approximate surface area is 164 Å². The van der Waals surface area contributed by atoms with Crippen LogP contribution in [-0.4, -0.2) is 38.7 Å². The molecule has 1 aromatic carbocycles. The zero-order chi connectivity index (χ0) is 20.2. The van der Waals surface area contributed by atoms with Gasteiger partial charge in [-0.25, -0.2) is 22.2 Å². The highest BCUT2D eigenvalue weighted by atomic mass is 32.2. The molecule has 3 aromatic heterocycles. The van der Waals surface area contributed by atoms with Crippen LogP contribution >= 0.6 is 0 Å². The van der Waals surface area contributed by atoms with Crippen molar-refractivity contribution < 1.29 is 17.2 Å². The van der Waals surface area contributed by atoms with Gasteiger partial charge in [0, 0.05) is 12.1 Å². The van der Waals surface area contributed by atoms with E-state index in [1.54, 1.807) is 12.4 Å². The van der Waals surface area contributed by atoms with Gasteiger partial charge in [-0.1, -0.05) is 6.07 Å². The lowest BCUT2D eigenvalue weighted by Gasteiger charge is -2.12. The first-order valence-corrected chi connectivity index (χ1v) is 10.9. The van der Waals surface area contributed by atoms with E-state index < -0.39 is 26.4 Å². The number of benzene rings is 1. The largest absolute Gasteiger partial charge is 0.345 e. The fourth-order valence-corrected chi connectivity index (χ4v) is 6.12. The smallest absolute Gasteiger partial charge is 0.184 e. The molecule has 4 aromatic rings. The second-order valence-electron chi connectivity index (χ2n) is 7.43. The summed E-state index contributed by atoms with van der Waals surface area (Å²) >= 11 is 0. The van der Waals surface area contributed by atoms with Crippen LogP contribution in [-0.2, 0) is 9.84 Å². The van der Waals surface area contributed by atoms with Crippen LogP contribution in [0.1, 0.15) is 31.0 Å². The number of aromatic amines is 1. The van der Waals surface area contributed by atoms with E-state index in [9.17, 15) is 17.2 Å². The minimum Gasteiger partial charge on any atom is -0.345 e. The van der Waals surface area contributed by atoms with Gasteiger partial charge >= 0.3 is 0 Å². The molecule has 5 rings (SSSR count). The normalized spacial score (nSPS) is 20.1. The lowest BCUT2D eigenvalue weighted by molar-refractivity contribution is 0.508. The third kappa shape index (κ3) is 2.98. The molecule has 0 bridgehead atoms. The molecule has 0 unspecified atom stereocenters. The van der Waals surface area contributed by atoms with Crippen molar-refractivity contribution in [3.05, 3.63) is 54.1 Å². The van der Waals surface area contributed by atoms with Crippen molar-refractivity contribution >= 4 is 26.6 Å². The SMILES string of the molecule is O=S(=O)(C[C@H]1CC[C@@H](c2nnc3cnc4[nH]ccc4n23)C1)c1c(F)cccc1F. The third-order valence-corrected chi connectivity index (χ3v) is 7.48. The number of hydrogen-bond donors (Lipinski definition) is 1. The summed E-state index contributed by atoms with van der Waals surface area (Å²) in [4.78, 5) is 6.51. The van der Waals surface area contributed by atoms with E-state index in [1.165, 1.54) is 0 Å². The first kappa shape index (κ1) is 18.2. The molecule has 1 saturated carbocycles. The van der Waals surface area contributed by atoms with E-state index >= 15 is 0 Å². The highest BCUT2D eigenvalue weighted by Crippen LogP contribution is 2.39. The topological polar surface area (TPSA) is 93.0 Å². The third-order valence-electron chi connectivity index (χ3n) is 5.56. The molecule has 0 saturated heterocycles. The molecule has 1 aliphatic rings. The van der Waals surface area contributed by atoms with Crippen molar-refractivity contribution in [1.82, 2.24) is 24.6 Å².